The molecule has 27 heavy (non-hydrogen) atoms. The van der Waals surface area contributed by atoms with Gasteiger partial charge in [0.1, 0.15) is 11.5 Å². The van der Waals surface area contributed by atoms with Crippen LogP contribution in [0.2, 0.25) is 0 Å². The number of hydrogen-bond donors (Lipinski definition) is 2. The summed E-state index contributed by atoms with van der Waals surface area (Å²) in [5, 5.41) is 1.04. The van der Waals surface area contributed by atoms with Crippen molar-refractivity contribution in [2.75, 3.05) is 17.2 Å². The van der Waals surface area contributed by atoms with Gasteiger partial charge in [-0.2, -0.15) is 0 Å². The summed E-state index contributed by atoms with van der Waals surface area (Å²) in [6.45, 7) is 5.53. The highest BCUT2D eigenvalue weighted by molar-refractivity contribution is 5.82. The molecule has 0 amide bonds. The number of anilines is 2. The Labute approximate surface area is 157 Å². The third-order valence-corrected chi connectivity index (χ3v) is 4.72. The fraction of sp³-hybridized carbons (Fsp3) is 0.350. The maximum atomic E-state index is 12.5. The predicted octanol–water partition coefficient (Wildman–Crippen LogP) is 2.49. The minimum absolute atomic E-state index is 0.215. The molecule has 0 bridgehead atoms. The van der Waals surface area contributed by atoms with Crippen molar-refractivity contribution in [3.63, 3.8) is 0 Å². The molecule has 0 atom stereocenters. The highest BCUT2D eigenvalue weighted by Crippen LogP contribution is 2.22. The summed E-state index contributed by atoms with van der Waals surface area (Å²) in [6, 6.07) is 9.89. The molecule has 0 saturated heterocycles. The van der Waals surface area contributed by atoms with Crippen molar-refractivity contribution in [3.05, 3.63) is 62.9 Å². The van der Waals surface area contributed by atoms with E-state index in [0.29, 0.717) is 25.3 Å². The first-order valence-electron chi connectivity index (χ1n) is 9.27. The lowest BCUT2D eigenvalue weighted by atomic mass is 10.1. The van der Waals surface area contributed by atoms with Crippen LogP contribution in [0.25, 0.3) is 10.9 Å². The lowest BCUT2D eigenvalue weighted by Gasteiger charge is -2.25. The Morgan fingerprint density at radius 1 is 1.19 bits per heavy atom. The van der Waals surface area contributed by atoms with Crippen LogP contribution < -0.4 is 21.9 Å². The van der Waals surface area contributed by atoms with Gasteiger partial charge in [0, 0.05) is 31.2 Å². The van der Waals surface area contributed by atoms with E-state index in [4.69, 9.17) is 5.73 Å². The number of hydrogen-bond acceptors (Lipinski definition) is 5. The smallest absolute Gasteiger partial charge is 0.330 e. The third kappa shape index (κ3) is 3.72. The predicted molar refractivity (Wildman–Crippen MR) is 109 cm³/mol. The second-order valence-electron chi connectivity index (χ2n) is 6.50. The number of aromatic nitrogens is 3. The zero-order chi connectivity index (χ0) is 19.4. The van der Waals surface area contributed by atoms with Crippen LogP contribution in [-0.4, -0.2) is 21.1 Å². The number of para-hydroxylation sites is 1. The van der Waals surface area contributed by atoms with E-state index in [1.165, 1.54) is 4.57 Å². The van der Waals surface area contributed by atoms with Gasteiger partial charge in [0.25, 0.3) is 5.56 Å². The molecule has 0 saturated carbocycles. The molecule has 3 N–H and O–H groups in total. The summed E-state index contributed by atoms with van der Waals surface area (Å²) < 4.78 is 1.45. The van der Waals surface area contributed by atoms with E-state index in [9.17, 15) is 9.59 Å². The fourth-order valence-corrected chi connectivity index (χ4v) is 3.27. The molecule has 142 valence electrons. The summed E-state index contributed by atoms with van der Waals surface area (Å²) in [5.41, 5.74) is 7.57. The van der Waals surface area contributed by atoms with Gasteiger partial charge in [-0.05, 0) is 25.0 Å². The van der Waals surface area contributed by atoms with Crippen LogP contribution >= 0.6 is 0 Å². The Kier molecular flexibility index (Phi) is 5.59. The average Bonchev–Trinajstić information content (AvgIpc) is 2.67. The molecule has 0 radical (unpaired) electrons. The molecular formula is C20H25N5O2. The number of unbranched alkanes of at least 4 members (excludes halogenated alkanes) is 1. The van der Waals surface area contributed by atoms with Gasteiger partial charge in [0.05, 0.1) is 5.52 Å². The number of nitrogens with zero attached hydrogens (tertiary/aromatic N) is 3. The molecule has 7 nitrogen and oxygen atoms in total. The van der Waals surface area contributed by atoms with Gasteiger partial charge in [0.2, 0.25) is 0 Å². The monoisotopic (exact) mass is 367 g/mol. The van der Waals surface area contributed by atoms with Crippen molar-refractivity contribution in [1.82, 2.24) is 14.5 Å². The van der Waals surface area contributed by atoms with Gasteiger partial charge in [0.15, 0.2) is 0 Å². The van der Waals surface area contributed by atoms with Crippen LogP contribution in [0.4, 0.5) is 11.5 Å². The zero-order valence-electron chi connectivity index (χ0n) is 15.7. The number of nitrogens with one attached hydrogen (secondary N) is 1. The van der Waals surface area contributed by atoms with Gasteiger partial charge in [-0.3, -0.25) is 19.3 Å². The van der Waals surface area contributed by atoms with E-state index in [0.717, 1.165) is 29.3 Å². The number of nitrogens with two attached hydrogens (primary N) is 1. The number of aromatic amines is 1. The molecule has 0 unspecified atom stereocenters. The molecule has 0 fully saturated rings. The van der Waals surface area contributed by atoms with E-state index in [-0.39, 0.29) is 5.82 Å². The SMILES string of the molecule is CCCCn1c(N)c(N(CC)Cc2cccc3cccnc23)c(=O)[nH]c1=O. The van der Waals surface area contributed by atoms with Gasteiger partial charge in [-0.15, -0.1) is 0 Å². The summed E-state index contributed by atoms with van der Waals surface area (Å²) >= 11 is 0. The van der Waals surface area contributed by atoms with E-state index in [2.05, 4.69) is 9.97 Å². The number of H-pyrrole nitrogens is 1. The van der Waals surface area contributed by atoms with Crippen molar-refractivity contribution in [1.29, 1.82) is 0 Å². The van der Waals surface area contributed by atoms with E-state index < -0.39 is 11.2 Å². The normalized spacial score (nSPS) is 11.0. The maximum Gasteiger partial charge on any atom is 0.330 e. The van der Waals surface area contributed by atoms with Crippen molar-refractivity contribution < 1.29 is 0 Å². The van der Waals surface area contributed by atoms with Crippen molar-refractivity contribution in [3.8, 4) is 0 Å². The molecule has 3 rings (SSSR count). The lowest BCUT2D eigenvalue weighted by Crippen LogP contribution is -2.38. The van der Waals surface area contributed by atoms with Crippen molar-refractivity contribution >= 4 is 22.4 Å². The molecule has 2 aromatic heterocycles. The summed E-state index contributed by atoms with van der Waals surface area (Å²) in [6.07, 6.45) is 3.50. The minimum Gasteiger partial charge on any atom is -0.383 e. The lowest BCUT2D eigenvalue weighted by molar-refractivity contribution is 0.602. The molecular weight excluding hydrogens is 342 g/mol. The molecule has 0 spiro atoms. The highest BCUT2D eigenvalue weighted by atomic mass is 16.2. The third-order valence-electron chi connectivity index (χ3n) is 4.72. The number of pyridine rings is 1. The van der Waals surface area contributed by atoms with E-state index in [1.54, 1.807) is 6.20 Å². The van der Waals surface area contributed by atoms with Crippen molar-refractivity contribution in [2.24, 2.45) is 0 Å². The molecule has 7 heteroatoms. The Morgan fingerprint density at radius 3 is 2.70 bits per heavy atom. The van der Waals surface area contributed by atoms with Gasteiger partial charge >= 0.3 is 5.69 Å². The van der Waals surface area contributed by atoms with Crippen LogP contribution in [0.3, 0.4) is 0 Å². The van der Waals surface area contributed by atoms with E-state index in [1.807, 2.05) is 49.1 Å². The zero-order valence-corrected chi connectivity index (χ0v) is 15.7. The van der Waals surface area contributed by atoms with Gasteiger partial charge in [-0.1, -0.05) is 37.6 Å². The molecule has 2 heterocycles. The average molecular weight is 367 g/mol. The summed E-state index contributed by atoms with van der Waals surface area (Å²) in [7, 11) is 0. The van der Waals surface area contributed by atoms with Crippen molar-refractivity contribution in [2.45, 2.75) is 39.8 Å². The van der Waals surface area contributed by atoms with Gasteiger partial charge < -0.3 is 10.6 Å². The topological polar surface area (TPSA) is 97.0 Å². The number of benzene rings is 1. The Bertz CT molecular complexity index is 1050. The fourth-order valence-electron chi connectivity index (χ4n) is 3.27. The molecule has 0 aliphatic carbocycles. The second-order valence-corrected chi connectivity index (χ2v) is 6.50. The van der Waals surface area contributed by atoms with Crippen LogP contribution in [-0.2, 0) is 13.1 Å². The first kappa shape index (κ1) is 18.7. The summed E-state index contributed by atoms with van der Waals surface area (Å²) in [5.74, 6) is 0.215. The number of fused-ring (bicyclic) bond motifs is 1. The van der Waals surface area contributed by atoms with E-state index >= 15 is 0 Å². The number of nitrogen functional groups attached to an aromatic ring is 1. The highest BCUT2D eigenvalue weighted by Gasteiger charge is 2.18. The number of rotatable bonds is 7. The molecule has 0 aliphatic heterocycles. The second kappa shape index (κ2) is 8.07. The first-order chi connectivity index (χ1) is 13.1. The Morgan fingerprint density at radius 2 is 1.96 bits per heavy atom. The minimum atomic E-state index is -0.461. The van der Waals surface area contributed by atoms with Crippen LogP contribution in [0.1, 0.15) is 32.3 Å². The summed E-state index contributed by atoms with van der Waals surface area (Å²) in [4.78, 5) is 33.5. The molecule has 1 aromatic carbocycles. The Balaban J connectivity index is 2.05. The Hall–Kier alpha value is -3.09. The van der Waals surface area contributed by atoms with Crippen LogP contribution in [0.5, 0.6) is 0 Å². The van der Waals surface area contributed by atoms with Crippen LogP contribution in [0, 0.1) is 0 Å². The standard InChI is InChI=1S/C20H25N5O2/c1-3-5-12-25-18(21)17(19(26)23-20(25)27)24(4-2)13-15-9-6-8-14-10-7-11-22-16(14)15/h6-11H,3-5,12-13,21H2,1-2H3,(H,23,26,27). The maximum absolute atomic E-state index is 12.5. The largest absolute Gasteiger partial charge is 0.383 e. The first-order valence-corrected chi connectivity index (χ1v) is 9.27. The van der Waals surface area contributed by atoms with Gasteiger partial charge in [-0.25, -0.2) is 4.79 Å². The van der Waals surface area contributed by atoms with Crippen LogP contribution in [0.15, 0.2) is 46.1 Å². The molecule has 0 aliphatic rings. The molecule has 3 aromatic rings. The quantitative estimate of drug-likeness (QED) is 0.669.